The van der Waals surface area contributed by atoms with Crippen molar-refractivity contribution in [2.45, 2.75) is 23.8 Å². The van der Waals surface area contributed by atoms with Gasteiger partial charge in [0, 0.05) is 36.8 Å². The Hall–Kier alpha value is -3.09. The molecule has 4 aromatic rings. The van der Waals surface area contributed by atoms with Crippen molar-refractivity contribution >= 4 is 37.4 Å². The minimum Gasteiger partial charge on any atom is -0.507 e. The number of anilines is 1. The van der Waals surface area contributed by atoms with E-state index in [-0.39, 0.29) is 24.9 Å². The van der Waals surface area contributed by atoms with Gasteiger partial charge in [-0.05, 0) is 53.0 Å². The smallest absolute Gasteiger partial charge is 0.243 e. The van der Waals surface area contributed by atoms with Crippen LogP contribution in [0.4, 0.5) is 14.6 Å². The highest BCUT2D eigenvalue weighted by Crippen LogP contribution is 2.32. The second kappa shape index (κ2) is 9.17. The molecule has 0 aliphatic carbocycles. The first-order valence-corrected chi connectivity index (χ1v) is 13.0. The van der Waals surface area contributed by atoms with Gasteiger partial charge in [0.25, 0.3) is 0 Å². The van der Waals surface area contributed by atoms with Gasteiger partial charge in [0.05, 0.1) is 21.3 Å². The molecule has 1 aliphatic rings. The maximum absolute atomic E-state index is 13.6. The van der Waals surface area contributed by atoms with Crippen LogP contribution < -0.4 is 5.32 Å². The summed E-state index contributed by atoms with van der Waals surface area (Å²) in [6.45, 7) is 0.364. The highest BCUT2D eigenvalue weighted by molar-refractivity contribution is 9.10. The molecule has 0 radical (unpaired) electrons. The third-order valence-corrected chi connectivity index (χ3v) is 8.32. The van der Waals surface area contributed by atoms with Gasteiger partial charge in [0.1, 0.15) is 23.2 Å². The van der Waals surface area contributed by atoms with Crippen LogP contribution in [0.5, 0.6) is 5.75 Å². The summed E-state index contributed by atoms with van der Waals surface area (Å²) in [5, 5.41) is 18.1. The van der Waals surface area contributed by atoms with Crippen molar-refractivity contribution in [2.75, 3.05) is 18.4 Å². The minimum atomic E-state index is -4.02. The number of piperidine rings is 1. The summed E-state index contributed by atoms with van der Waals surface area (Å²) in [7, 11) is -4.02. The average Bonchev–Trinajstić information content (AvgIpc) is 3.20. The molecule has 2 aromatic heterocycles. The number of aromatic nitrogens is 3. The van der Waals surface area contributed by atoms with Crippen molar-refractivity contribution in [3.63, 3.8) is 0 Å². The monoisotopic (exact) mass is 563 g/mol. The average molecular weight is 564 g/mol. The number of hydrogen-bond acceptors (Lipinski definition) is 6. The van der Waals surface area contributed by atoms with E-state index in [1.165, 1.54) is 4.31 Å². The molecule has 1 fully saturated rings. The summed E-state index contributed by atoms with van der Waals surface area (Å²) >= 11 is 3.45. The molecule has 1 aliphatic heterocycles. The van der Waals surface area contributed by atoms with E-state index in [9.17, 15) is 22.3 Å². The van der Waals surface area contributed by atoms with E-state index in [1.807, 2.05) is 0 Å². The van der Waals surface area contributed by atoms with Gasteiger partial charge in [-0.15, -0.1) is 0 Å². The molecule has 0 amide bonds. The van der Waals surface area contributed by atoms with Crippen LogP contribution in [0.25, 0.3) is 16.9 Å². The van der Waals surface area contributed by atoms with Crippen LogP contribution in [0.1, 0.15) is 12.8 Å². The van der Waals surface area contributed by atoms with Gasteiger partial charge < -0.3 is 10.4 Å². The second-order valence-electron chi connectivity index (χ2n) is 8.20. The Morgan fingerprint density at radius 1 is 1.06 bits per heavy atom. The van der Waals surface area contributed by atoms with Crippen LogP contribution in [0.3, 0.4) is 0 Å². The first kappa shape index (κ1) is 23.6. The molecule has 1 saturated heterocycles. The number of aromatic hydroxyl groups is 1. The summed E-state index contributed by atoms with van der Waals surface area (Å²) in [6.07, 6.45) is 2.56. The van der Waals surface area contributed by atoms with Crippen LogP contribution in [-0.4, -0.2) is 51.6 Å². The lowest BCUT2D eigenvalue weighted by Crippen LogP contribution is -2.42. The molecule has 0 unspecified atom stereocenters. The summed E-state index contributed by atoms with van der Waals surface area (Å²) < 4.78 is 56.5. The molecule has 12 heteroatoms. The Kier molecular flexibility index (Phi) is 6.20. The Morgan fingerprint density at radius 3 is 2.43 bits per heavy atom. The topological polar surface area (TPSA) is 99.8 Å². The number of fused-ring (bicyclic) bond motifs is 1. The van der Waals surface area contributed by atoms with Crippen molar-refractivity contribution in [1.82, 2.24) is 18.9 Å². The fourth-order valence-corrected chi connectivity index (χ4v) is 6.00. The molecule has 5 rings (SSSR count). The van der Waals surface area contributed by atoms with Gasteiger partial charge in [0.15, 0.2) is 5.65 Å². The van der Waals surface area contributed by atoms with E-state index in [2.05, 4.69) is 31.3 Å². The molecule has 2 aromatic carbocycles. The number of hydrogen-bond donors (Lipinski definition) is 2. The Morgan fingerprint density at radius 2 is 1.74 bits per heavy atom. The molecule has 3 heterocycles. The SMILES string of the molecule is O=S(=O)(c1cc(F)cc(F)c1)N1CCC(Nc2cc(-c3ccccc3O)nc3c(Br)cnn23)CC1. The Labute approximate surface area is 208 Å². The number of phenolic OH excluding ortho intramolecular Hbond substituents is 1. The minimum absolute atomic E-state index is 0.0866. The number of benzene rings is 2. The number of nitrogens with zero attached hydrogens (tertiary/aromatic N) is 4. The zero-order chi connectivity index (χ0) is 24.7. The van der Waals surface area contributed by atoms with Gasteiger partial charge >= 0.3 is 0 Å². The predicted molar refractivity (Wildman–Crippen MR) is 130 cm³/mol. The van der Waals surface area contributed by atoms with E-state index in [0.717, 1.165) is 12.1 Å². The van der Waals surface area contributed by atoms with Crippen molar-refractivity contribution in [2.24, 2.45) is 0 Å². The summed E-state index contributed by atoms with van der Waals surface area (Å²) in [5.74, 6) is -1.15. The summed E-state index contributed by atoms with van der Waals surface area (Å²) in [6, 6.07) is 10.9. The highest BCUT2D eigenvalue weighted by atomic mass is 79.9. The van der Waals surface area contributed by atoms with Crippen molar-refractivity contribution in [3.8, 4) is 17.0 Å². The third-order valence-electron chi connectivity index (χ3n) is 5.89. The lowest BCUT2D eigenvalue weighted by atomic mass is 10.1. The normalized spacial score (nSPS) is 15.5. The number of para-hydroxylation sites is 1. The van der Waals surface area contributed by atoms with Crippen LogP contribution in [0.2, 0.25) is 0 Å². The first-order valence-electron chi connectivity index (χ1n) is 10.8. The molecule has 182 valence electrons. The standard InChI is InChI=1S/C23H20BrF2N5O3S/c24-19-13-27-31-22(12-20(29-23(19)31)18-3-1-2-4-21(18)32)28-16-5-7-30(8-6-16)35(33,34)17-10-14(25)9-15(26)11-17/h1-4,9-13,16,28,32H,5-8H2. The molecule has 2 N–H and O–H groups in total. The Bertz CT molecular complexity index is 1500. The molecule has 0 spiro atoms. The lowest BCUT2D eigenvalue weighted by Gasteiger charge is -2.32. The predicted octanol–water partition coefficient (Wildman–Crippen LogP) is 4.41. The van der Waals surface area contributed by atoms with Crippen LogP contribution >= 0.6 is 15.9 Å². The molecule has 8 nitrogen and oxygen atoms in total. The van der Waals surface area contributed by atoms with E-state index in [0.29, 0.717) is 46.1 Å². The summed E-state index contributed by atoms with van der Waals surface area (Å²) in [4.78, 5) is 4.22. The van der Waals surface area contributed by atoms with Crippen LogP contribution in [0.15, 0.2) is 64.1 Å². The molecule has 0 saturated carbocycles. The maximum Gasteiger partial charge on any atom is 0.243 e. The number of nitrogens with one attached hydrogen (secondary N) is 1. The van der Waals surface area contributed by atoms with E-state index < -0.39 is 26.6 Å². The van der Waals surface area contributed by atoms with E-state index >= 15 is 0 Å². The zero-order valence-corrected chi connectivity index (χ0v) is 20.6. The second-order valence-corrected chi connectivity index (χ2v) is 11.0. The molecular formula is C23H20BrF2N5O3S. The molecular weight excluding hydrogens is 544 g/mol. The van der Waals surface area contributed by atoms with Gasteiger partial charge in [-0.2, -0.15) is 13.9 Å². The number of phenols is 1. The highest BCUT2D eigenvalue weighted by Gasteiger charge is 2.30. The Balaban J connectivity index is 1.38. The quantitative estimate of drug-likeness (QED) is 0.373. The number of halogens is 3. The summed E-state index contributed by atoms with van der Waals surface area (Å²) in [5.41, 5.74) is 1.67. The number of sulfonamides is 1. The van der Waals surface area contributed by atoms with Gasteiger partial charge in [0.2, 0.25) is 10.0 Å². The molecule has 0 atom stereocenters. The third kappa shape index (κ3) is 4.60. The molecule has 35 heavy (non-hydrogen) atoms. The van der Waals surface area contributed by atoms with Gasteiger partial charge in [-0.1, -0.05) is 12.1 Å². The zero-order valence-electron chi connectivity index (χ0n) is 18.2. The van der Waals surface area contributed by atoms with Crippen LogP contribution in [-0.2, 0) is 10.0 Å². The fraction of sp³-hybridized carbons (Fsp3) is 0.217. The van der Waals surface area contributed by atoms with Crippen molar-refractivity contribution in [3.05, 3.63) is 70.8 Å². The van der Waals surface area contributed by atoms with Crippen molar-refractivity contribution in [1.29, 1.82) is 0 Å². The first-order chi connectivity index (χ1) is 16.7. The van der Waals surface area contributed by atoms with E-state index in [1.54, 1.807) is 41.0 Å². The van der Waals surface area contributed by atoms with E-state index in [4.69, 9.17) is 0 Å². The van der Waals surface area contributed by atoms with Crippen LogP contribution in [0, 0.1) is 11.6 Å². The lowest BCUT2D eigenvalue weighted by molar-refractivity contribution is 0.329. The molecule has 0 bridgehead atoms. The largest absolute Gasteiger partial charge is 0.507 e. The number of rotatable bonds is 5. The maximum atomic E-state index is 13.6. The van der Waals surface area contributed by atoms with Gasteiger partial charge in [-0.3, -0.25) is 0 Å². The van der Waals surface area contributed by atoms with Gasteiger partial charge in [-0.25, -0.2) is 22.2 Å². The van der Waals surface area contributed by atoms with Crippen molar-refractivity contribution < 1.29 is 22.3 Å². The fourth-order valence-electron chi connectivity index (χ4n) is 4.14.